The predicted octanol–water partition coefficient (Wildman–Crippen LogP) is 3.33. The summed E-state index contributed by atoms with van der Waals surface area (Å²) in [6, 6.07) is 4.02. The number of nitrogens with zero attached hydrogens (tertiary/aromatic N) is 3. The van der Waals surface area contributed by atoms with Crippen molar-refractivity contribution in [1.29, 1.82) is 0 Å². The molecule has 120 valence electrons. The number of halogens is 3. The number of ether oxygens (including phenoxy) is 1. The lowest BCUT2D eigenvalue weighted by atomic mass is 10.2. The number of amides is 1. The Bertz CT molecular complexity index is 729. The Hall–Kier alpha value is -1.73. The van der Waals surface area contributed by atoms with Crippen LogP contribution in [0.5, 0.6) is 6.01 Å². The van der Waals surface area contributed by atoms with Gasteiger partial charge in [0, 0.05) is 25.4 Å². The Morgan fingerprint density at radius 3 is 2.83 bits per heavy atom. The molecule has 5 nitrogen and oxygen atoms in total. The number of rotatable bonds is 3. The van der Waals surface area contributed by atoms with Crippen molar-refractivity contribution < 1.29 is 13.9 Å². The number of benzene rings is 1. The molecule has 1 aromatic carbocycles. The lowest BCUT2D eigenvalue weighted by molar-refractivity contribution is 0.0770. The zero-order valence-electron chi connectivity index (χ0n) is 11.9. The molecule has 1 fully saturated rings. The van der Waals surface area contributed by atoms with Crippen LogP contribution in [0, 0.1) is 5.82 Å². The quantitative estimate of drug-likeness (QED) is 0.793. The normalized spacial score (nSPS) is 17.3. The van der Waals surface area contributed by atoms with Crippen LogP contribution in [-0.4, -0.2) is 40.0 Å². The third-order valence-corrected chi connectivity index (χ3v) is 4.18. The van der Waals surface area contributed by atoms with Crippen LogP contribution in [0.2, 0.25) is 5.02 Å². The summed E-state index contributed by atoms with van der Waals surface area (Å²) in [7, 11) is 0. The van der Waals surface area contributed by atoms with Crippen LogP contribution in [0.15, 0.2) is 35.1 Å². The van der Waals surface area contributed by atoms with Gasteiger partial charge in [0.25, 0.3) is 5.91 Å². The first-order valence-corrected chi connectivity index (χ1v) is 8.08. The minimum Gasteiger partial charge on any atom is -0.458 e. The molecule has 8 heteroatoms. The molecule has 1 saturated heterocycles. The van der Waals surface area contributed by atoms with E-state index in [0.717, 1.165) is 10.5 Å². The summed E-state index contributed by atoms with van der Waals surface area (Å²) in [5, 5.41) is 0.107. The molecule has 1 unspecified atom stereocenters. The average Bonchev–Trinajstić information content (AvgIpc) is 2.97. The molecule has 0 N–H and O–H groups in total. The lowest BCUT2D eigenvalue weighted by Gasteiger charge is -2.17. The summed E-state index contributed by atoms with van der Waals surface area (Å²) in [4.78, 5) is 22.2. The second-order valence-electron chi connectivity index (χ2n) is 5.09. The summed E-state index contributed by atoms with van der Waals surface area (Å²) >= 11 is 9.19. The van der Waals surface area contributed by atoms with Crippen LogP contribution < -0.4 is 4.74 Å². The van der Waals surface area contributed by atoms with E-state index >= 15 is 0 Å². The number of likely N-dealkylation sites (tertiary alicyclic amines) is 1. The third-order valence-electron chi connectivity index (χ3n) is 3.46. The fourth-order valence-electron chi connectivity index (χ4n) is 2.35. The second kappa shape index (κ2) is 6.80. The largest absolute Gasteiger partial charge is 0.458 e. The van der Waals surface area contributed by atoms with Gasteiger partial charge in [-0.3, -0.25) is 4.79 Å². The monoisotopic (exact) mass is 399 g/mol. The predicted molar refractivity (Wildman–Crippen MR) is 86.1 cm³/mol. The van der Waals surface area contributed by atoms with E-state index in [-0.39, 0.29) is 28.6 Å². The molecule has 1 aliphatic rings. The summed E-state index contributed by atoms with van der Waals surface area (Å²) in [6.45, 7) is 0.944. The fourth-order valence-corrected chi connectivity index (χ4v) is 2.81. The number of hydrogen-bond acceptors (Lipinski definition) is 4. The van der Waals surface area contributed by atoms with Gasteiger partial charge < -0.3 is 9.64 Å². The highest BCUT2D eigenvalue weighted by Crippen LogP contribution is 2.22. The van der Waals surface area contributed by atoms with Gasteiger partial charge in [-0.15, -0.1) is 0 Å². The number of carbonyl (C=O) groups is 1. The average molecular weight is 401 g/mol. The minimum atomic E-state index is -0.471. The van der Waals surface area contributed by atoms with Gasteiger partial charge >= 0.3 is 6.01 Å². The van der Waals surface area contributed by atoms with Gasteiger partial charge in [-0.25, -0.2) is 14.4 Å². The molecule has 2 aromatic rings. The van der Waals surface area contributed by atoms with Crippen molar-refractivity contribution in [3.63, 3.8) is 0 Å². The first-order valence-electron chi connectivity index (χ1n) is 6.91. The topological polar surface area (TPSA) is 55.3 Å². The lowest BCUT2D eigenvalue weighted by Crippen LogP contribution is -2.31. The van der Waals surface area contributed by atoms with Crippen molar-refractivity contribution in [3.05, 3.63) is 51.5 Å². The number of hydrogen-bond donors (Lipinski definition) is 0. The maximum atomic E-state index is 13.1. The zero-order chi connectivity index (χ0) is 16.4. The van der Waals surface area contributed by atoms with Crippen LogP contribution in [0.1, 0.15) is 16.8 Å². The van der Waals surface area contributed by atoms with Gasteiger partial charge in [-0.1, -0.05) is 11.6 Å². The zero-order valence-corrected chi connectivity index (χ0v) is 14.2. The molecule has 2 heterocycles. The van der Waals surface area contributed by atoms with E-state index < -0.39 is 5.82 Å². The van der Waals surface area contributed by atoms with Crippen molar-refractivity contribution in [2.75, 3.05) is 13.1 Å². The number of aromatic nitrogens is 2. The minimum absolute atomic E-state index is 0.107. The molecule has 1 amide bonds. The van der Waals surface area contributed by atoms with E-state index in [1.165, 1.54) is 12.1 Å². The maximum Gasteiger partial charge on any atom is 0.316 e. The van der Waals surface area contributed by atoms with Crippen molar-refractivity contribution in [1.82, 2.24) is 14.9 Å². The van der Waals surface area contributed by atoms with Crippen LogP contribution in [-0.2, 0) is 0 Å². The molecule has 0 spiro atoms. The molecule has 23 heavy (non-hydrogen) atoms. The van der Waals surface area contributed by atoms with Crippen LogP contribution >= 0.6 is 27.5 Å². The van der Waals surface area contributed by atoms with Gasteiger partial charge in [-0.2, -0.15) is 0 Å². The maximum absolute atomic E-state index is 13.1. The van der Waals surface area contributed by atoms with E-state index in [9.17, 15) is 9.18 Å². The molecular formula is C15H12BrClFN3O2. The van der Waals surface area contributed by atoms with E-state index in [0.29, 0.717) is 19.5 Å². The first-order chi connectivity index (χ1) is 11.0. The van der Waals surface area contributed by atoms with Crippen molar-refractivity contribution in [2.24, 2.45) is 0 Å². The molecule has 0 bridgehead atoms. The van der Waals surface area contributed by atoms with Crippen molar-refractivity contribution >= 4 is 33.4 Å². The van der Waals surface area contributed by atoms with Crippen LogP contribution in [0.25, 0.3) is 0 Å². The Labute approximate surface area is 145 Å². The molecule has 0 radical (unpaired) electrons. The second-order valence-corrected chi connectivity index (χ2v) is 6.41. The van der Waals surface area contributed by atoms with E-state index in [4.69, 9.17) is 16.3 Å². The third kappa shape index (κ3) is 3.79. The molecule has 1 aromatic heterocycles. The first kappa shape index (κ1) is 16.1. The highest BCUT2D eigenvalue weighted by molar-refractivity contribution is 9.10. The van der Waals surface area contributed by atoms with Gasteiger partial charge in [0.2, 0.25) is 0 Å². The standard InChI is InChI=1S/C15H12BrClFN3O2/c16-9-6-19-15(20-7-9)23-11-3-4-21(8-11)14(22)12-2-1-10(18)5-13(12)17/h1-2,5-7,11H,3-4,8H2. The highest BCUT2D eigenvalue weighted by Gasteiger charge is 2.29. The highest BCUT2D eigenvalue weighted by atomic mass is 79.9. The molecular weight excluding hydrogens is 389 g/mol. The van der Waals surface area contributed by atoms with Crippen molar-refractivity contribution in [3.8, 4) is 6.01 Å². The van der Waals surface area contributed by atoms with E-state index in [1.54, 1.807) is 17.3 Å². The van der Waals surface area contributed by atoms with Crippen LogP contribution in [0.3, 0.4) is 0 Å². The summed E-state index contributed by atoms with van der Waals surface area (Å²) in [5.41, 5.74) is 0.286. The summed E-state index contributed by atoms with van der Waals surface area (Å²) in [5.74, 6) is -0.709. The fraction of sp³-hybridized carbons (Fsp3) is 0.267. The molecule has 3 rings (SSSR count). The molecule has 1 aliphatic heterocycles. The van der Waals surface area contributed by atoms with Gasteiger partial charge in [0.1, 0.15) is 11.9 Å². The van der Waals surface area contributed by atoms with E-state index in [2.05, 4.69) is 25.9 Å². The SMILES string of the molecule is O=C(c1ccc(F)cc1Cl)N1CCC(Oc2ncc(Br)cn2)C1. The Balaban J connectivity index is 1.65. The Morgan fingerprint density at radius 1 is 1.39 bits per heavy atom. The Kier molecular flexibility index (Phi) is 4.77. The molecule has 0 saturated carbocycles. The summed E-state index contributed by atoms with van der Waals surface area (Å²) < 4.78 is 19.5. The Morgan fingerprint density at radius 2 is 2.13 bits per heavy atom. The molecule has 1 atom stereocenters. The van der Waals surface area contributed by atoms with Gasteiger partial charge in [0.05, 0.1) is 21.6 Å². The summed E-state index contributed by atoms with van der Waals surface area (Å²) in [6.07, 6.45) is 3.68. The van der Waals surface area contributed by atoms with Crippen LogP contribution in [0.4, 0.5) is 4.39 Å². The van der Waals surface area contributed by atoms with Crippen molar-refractivity contribution in [2.45, 2.75) is 12.5 Å². The van der Waals surface area contributed by atoms with Gasteiger partial charge in [0.15, 0.2) is 0 Å². The van der Waals surface area contributed by atoms with Gasteiger partial charge in [-0.05, 0) is 34.1 Å². The smallest absolute Gasteiger partial charge is 0.316 e. The van der Waals surface area contributed by atoms with E-state index in [1.807, 2.05) is 0 Å². The number of carbonyl (C=O) groups excluding carboxylic acids is 1. The molecule has 0 aliphatic carbocycles.